The molecule has 2 aliphatic rings. The third-order valence-corrected chi connectivity index (χ3v) is 6.56. The van der Waals surface area contributed by atoms with Crippen LogP contribution in [0.1, 0.15) is 49.4 Å². The molecule has 1 aliphatic carbocycles. The van der Waals surface area contributed by atoms with E-state index in [0.29, 0.717) is 65.6 Å². The molecule has 1 aliphatic heterocycles. The molecule has 3 aromatic rings. The number of halogens is 1. The first kappa shape index (κ1) is 22.3. The standard InChI is InChI=1S/C25H28FN5O3/c1-2-21(32)31-9-7-17(8-10-31)30-25(33)19-12-27-24-22(28-14-29-23(19)24)18-6-5-16(26)11-20(18)34-13-15-3-4-15/h5-6,11-12,14-15,17,27H,2-4,7-10,13H2,1H3,(H,30,33). The van der Waals surface area contributed by atoms with Crippen molar-refractivity contribution in [1.29, 1.82) is 0 Å². The SMILES string of the molecule is CCC(=O)N1CCC(NC(=O)c2c[nH]c3c(-c4ccc(F)cc4OCC4CC4)ncnc23)CC1. The van der Waals surface area contributed by atoms with Crippen molar-refractivity contribution >= 4 is 22.8 Å². The molecule has 8 nitrogen and oxygen atoms in total. The van der Waals surface area contributed by atoms with E-state index < -0.39 is 0 Å². The van der Waals surface area contributed by atoms with Crippen LogP contribution in [0.3, 0.4) is 0 Å². The molecule has 3 heterocycles. The summed E-state index contributed by atoms with van der Waals surface area (Å²) in [5, 5.41) is 3.08. The lowest BCUT2D eigenvalue weighted by molar-refractivity contribution is -0.131. The van der Waals surface area contributed by atoms with Gasteiger partial charge in [-0.15, -0.1) is 0 Å². The lowest BCUT2D eigenvalue weighted by Gasteiger charge is -2.32. The second-order valence-corrected chi connectivity index (χ2v) is 9.03. The molecule has 0 radical (unpaired) electrons. The van der Waals surface area contributed by atoms with Crippen LogP contribution in [-0.4, -0.2) is 57.4 Å². The van der Waals surface area contributed by atoms with E-state index in [4.69, 9.17) is 4.74 Å². The van der Waals surface area contributed by atoms with Crippen LogP contribution in [0.25, 0.3) is 22.3 Å². The number of piperidine rings is 1. The van der Waals surface area contributed by atoms with Crippen molar-refractivity contribution < 1.29 is 18.7 Å². The van der Waals surface area contributed by atoms with Crippen LogP contribution in [0.2, 0.25) is 0 Å². The number of aromatic amines is 1. The molecule has 5 rings (SSSR count). The number of carbonyl (C=O) groups excluding carboxylic acids is 2. The number of benzene rings is 1. The number of hydrogen-bond acceptors (Lipinski definition) is 5. The molecule has 178 valence electrons. The van der Waals surface area contributed by atoms with Gasteiger partial charge in [0.15, 0.2) is 0 Å². The fourth-order valence-electron chi connectivity index (χ4n) is 4.38. The number of nitrogens with one attached hydrogen (secondary N) is 2. The van der Waals surface area contributed by atoms with Crippen molar-refractivity contribution in [2.45, 2.75) is 45.1 Å². The van der Waals surface area contributed by atoms with Gasteiger partial charge in [-0.2, -0.15) is 0 Å². The predicted molar refractivity (Wildman–Crippen MR) is 125 cm³/mol. The Morgan fingerprint density at radius 2 is 2.00 bits per heavy atom. The number of aromatic nitrogens is 3. The van der Waals surface area contributed by atoms with Crippen LogP contribution in [0.4, 0.5) is 4.39 Å². The van der Waals surface area contributed by atoms with Crippen molar-refractivity contribution in [1.82, 2.24) is 25.2 Å². The lowest BCUT2D eigenvalue weighted by atomic mass is 10.0. The highest BCUT2D eigenvalue weighted by atomic mass is 19.1. The van der Waals surface area contributed by atoms with Crippen LogP contribution in [-0.2, 0) is 4.79 Å². The van der Waals surface area contributed by atoms with Gasteiger partial charge in [-0.3, -0.25) is 9.59 Å². The zero-order chi connectivity index (χ0) is 23.7. The first-order valence-electron chi connectivity index (χ1n) is 11.9. The molecule has 9 heteroatoms. The summed E-state index contributed by atoms with van der Waals surface area (Å²) in [6.45, 7) is 3.70. The zero-order valence-electron chi connectivity index (χ0n) is 19.1. The lowest BCUT2D eigenvalue weighted by Crippen LogP contribution is -2.46. The second-order valence-electron chi connectivity index (χ2n) is 9.03. The van der Waals surface area contributed by atoms with Crippen molar-refractivity contribution in [3.05, 3.63) is 42.1 Å². The first-order chi connectivity index (χ1) is 16.5. The van der Waals surface area contributed by atoms with Crippen molar-refractivity contribution in [3.63, 3.8) is 0 Å². The van der Waals surface area contributed by atoms with Crippen molar-refractivity contribution in [2.24, 2.45) is 5.92 Å². The maximum atomic E-state index is 13.9. The van der Waals surface area contributed by atoms with Crippen molar-refractivity contribution in [3.8, 4) is 17.0 Å². The molecular formula is C25H28FN5O3. The molecule has 2 amide bonds. The second kappa shape index (κ2) is 9.40. The molecular weight excluding hydrogens is 437 g/mol. The third-order valence-electron chi connectivity index (χ3n) is 6.56. The molecule has 0 bridgehead atoms. The predicted octanol–water partition coefficient (Wildman–Crippen LogP) is 3.68. The molecule has 1 saturated carbocycles. The van der Waals surface area contributed by atoms with E-state index in [1.807, 2.05) is 11.8 Å². The molecule has 2 aromatic heterocycles. The fraction of sp³-hybridized carbons (Fsp3) is 0.440. The molecule has 2 fully saturated rings. The summed E-state index contributed by atoms with van der Waals surface area (Å²) in [5.41, 5.74) is 2.73. The van der Waals surface area contributed by atoms with Gasteiger partial charge in [0.2, 0.25) is 5.91 Å². The summed E-state index contributed by atoms with van der Waals surface area (Å²) in [6.07, 6.45) is 7.23. The number of hydrogen-bond donors (Lipinski definition) is 2. The summed E-state index contributed by atoms with van der Waals surface area (Å²) in [6, 6.07) is 4.39. The number of nitrogens with zero attached hydrogens (tertiary/aromatic N) is 3. The number of carbonyl (C=O) groups is 2. The van der Waals surface area contributed by atoms with Gasteiger partial charge in [0.25, 0.3) is 5.91 Å². The highest BCUT2D eigenvalue weighted by Crippen LogP contribution is 2.36. The van der Waals surface area contributed by atoms with E-state index in [0.717, 1.165) is 25.7 Å². The van der Waals surface area contributed by atoms with Crippen LogP contribution >= 0.6 is 0 Å². The number of ether oxygens (including phenoxy) is 1. The minimum Gasteiger partial charge on any atom is -0.492 e. The average Bonchev–Trinajstić information content (AvgIpc) is 3.58. The van der Waals surface area contributed by atoms with Crippen molar-refractivity contribution in [2.75, 3.05) is 19.7 Å². The minimum atomic E-state index is -0.377. The molecule has 1 saturated heterocycles. The molecule has 1 aromatic carbocycles. The number of fused-ring (bicyclic) bond motifs is 1. The van der Waals surface area contributed by atoms with Gasteiger partial charge in [0.1, 0.15) is 29.1 Å². The van der Waals surface area contributed by atoms with E-state index >= 15 is 0 Å². The Bertz CT molecular complexity index is 1210. The van der Waals surface area contributed by atoms with E-state index in [1.165, 1.54) is 18.5 Å². The Kier molecular flexibility index (Phi) is 6.17. The smallest absolute Gasteiger partial charge is 0.255 e. The van der Waals surface area contributed by atoms with Gasteiger partial charge in [0, 0.05) is 43.4 Å². The topological polar surface area (TPSA) is 100 Å². The molecule has 2 N–H and O–H groups in total. The molecule has 34 heavy (non-hydrogen) atoms. The number of H-pyrrole nitrogens is 1. The Hall–Kier alpha value is -3.49. The maximum absolute atomic E-state index is 13.9. The summed E-state index contributed by atoms with van der Waals surface area (Å²) < 4.78 is 19.9. The number of amides is 2. The summed E-state index contributed by atoms with van der Waals surface area (Å²) >= 11 is 0. The Balaban J connectivity index is 1.36. The van der Waals surface area contributed by atoms with Gasteiger partial charge in [-0.05, 0) is 43.7 Å². The van der Waals surface area contributed by atoms with Gasteiger partial charge in [-0.25, -0.2) is 14.4 Å². The summed E-state index contributed by atoms with van der Waals surface area (Å²) in [7, 11) is 0. The van der Waals surface area contributed by atoms with Gasteiger partial charge < -0.3 is 19.9 Å². The largest absolute Gasteiger partial charge is 0.492 e. The van der Waals surface area contributed by atoms with Crippen LogP contribution < -0.4 is 10.1 Å². The van der Waals surface area contributed by atoms with Crippen LogP contribution in [0, 0.1) is 11.7 Å². The van der Waals surface area contributed by atoms with E-state index in [9.17, 15) is 14.0 Å². The van der Waals surface area contributed by atoms with E-state index in [2.05, 4.69) is 20.3 Å². The first-order valence-corrected chi connectivity index (χ1v) is 11.9. The van der Waals surface area contributed by atoms with E-state index in [-0.39, 0.29) is 23.7 Å². The Labute approximate surface area is 196 Å². The molecule has 0 spiro atoms. The van der Waals surface area contributed by atoms with E-state index in [1.54, 1.807) is 12.3 Å². The highest BCUT2D eigenvalue weighted by Gasteiger charge is 2.26. The Morgan fingerprint density at radius 3 is 2.74 bits per heavy atom. The van der Waals surface area contributed by atoms with Gasteiger partial charge in [0.05, 0.1) is 17.7 Å². The Morgan fingerprint density at radius 1 is 1.21 bits per heavy atom. The van der Waals surface area contributed by atoms with Gasteiger partial charge >= 0.3 is 0 Å². The summed E-state index contributed by atoms with van der Waals surface area (Å²) in [4.78, 5) is 38.7. The normalized spacial score (nSPS) is 16.6. The quantitative estimate of drug-likeness (QED) is 0.554. The highest BCUT2D eigenvalue weighted by molar-refractivity contribution is 6.07. The number of likely N-dealkylation sites (tertiary alicyclic amines) is 1. The monoisotopic (exact) mass is 465 g/mol. The number of rotatable bonds is 7. The average molecular weight is 466 g/mol. The third kappa shape index (κ3) is 4.60. The minimum absolute atomic E-state index is 0.000751. The fourth-order valence-corrected chi connectivity index (χ4v) is 4.38. The zero-order valence-corrected chi connectivity index (χ0v) is 19.1. The molecule has 0 unspecified atom stereocenters. The van der Waals surface area contributed by atoms with Crippen LogP contribution in [0.15, 0.2) is 30.7 Å². The van der Waals surface area contributed by atoms with Crippen LogP contribution in [0.5, 0.6) is 5.75 Å². The summed E-state index contributed by atoms with van der Waals surface area (Å²) in [5.74, 6) is 0.501. The molecule has 0 atom stereocenters. The maximum Gasteiger partial charge on any atom is 0.255 e. The van der Waals surface area contributed by atoms with Gasteiger partial charge in [-0.1, -0.05) is 6.92 Å².